The van der Waals surface area contributed by atoms with Crippen molar-refractivity contribution in [2.24, 2.45) is 4.99 Å². The number of hydrogen-bond acceptors (Lipinski definition) is 3. The van der Waals surface area contributed by atoms with Gasteiger partial charge in [0.15, 0.2) is 11.6 Å². The molecular formula is C15H12FNO2. The number of nitrogens with zero attached hydrogens (tertiary/aromatic N) is 1. The van der Waals surface area contributed by atoms with E-state index < -0.39 is 11.6 Å². The molecular weight excluding hydrogens is 245 g/mol. The number of phenols is 1. The van der Waals surface area contributed by atoms with Crippen molar-refractivity contribution in [2.75, 3.05) is 6.54 Å². The van der Waals surface area contributed by atoms with Gasteiger partial charge in [-0.3, -0.25) is 0 Å². The van der Waals surface area contributed by atoms with Crippen LogP contribution < -0.4 is 0 Å². The maximum Gasteiger partial charge on any atom is 0.220 e. The lowest BCUT2D eigenvalue weighted by atomic mass is 10.1. The average Bonchev–Trinajstić information content (AvgIpc) is 2.92. The van der Waals surface area contributed by atoms with Crippen molar-refractivity contribution < 1.29 is 14.2 Å². The second kappa shape index (κ2) is 4.72. The van der Waals surface area contributed by atoms with E-state index in [4.69, 9.17) is 4.74 Å². The minimum atomic E-state index is -0.699. The maximum absolute atomic E-state index is 13.8. The van der Waals surface area contributed by atoms with Crippen LogP contribution in [0.4, 0.5) is 4.39 Å². The molecule has 1 aliphatic rings. The van der Waals surface area contributed by atoms with E-state index in [2.05, 4.69) is 4.99 Å². The molecule has 1 aliphatic heterocycles. The molecule has 0 bridgehead atoms. The zero-order valence-corrected chi connectivity index (χ0v) is 10.1. The molecule has 0 saturated carbocycles. The molecule has 2 aromatic carbocycles. The Morgan fingerprint density at radius 3 is 2.68 bits per heavy atom. The Kier molecular flexibility index (Phi) is 2.91. The summed E-state index contributed by atoms with van der Waals surface area (Å²) in [6.07, 6.45) is -0.196. The van der Waals surface area contributed by atoms with Crippen LogP contribution in [0.25, 0.3) is 0 Å². The van der Waals surface area contributed by atoms with Crippen molar-refractivity contribution in [3.8, 4) is 5.75 Å². The van der Waals surface area contributed by atoms with Crippen molar-refractivity contribution in [3.63, 3.8) is 0 Å². The number of benzene rings is 2. The number of ether oxygens (including phenoxy) is 1. The fraction of sp³-hybridized carbons (Fsp3) is 0.133. The van der Waals surface area contributed by atoms with Gasteiger partial charge in [-0.1, -0.05) is 36.4 Å². The Morgan fingerprint density at radius 1 is 1.11 bits per heavy atom. The summed E-state index contributed by atoms with van der Waals surface area (Å²) in [6.45, 7) is 0.453. The summed E-state index contributed by atoms with van der Waals surface area (Å²) in [7, 11) is 0. The predicted molar refractivity (Wildman–Crippen MR) is 69.7 cm³/mol. The van der Waals surface area contributed by atoms with Gasteiger partial charge in [-0.2, -0.15) is 0 Å². The lowest BCUT2D eigenvalue weighted by Crippen LogP contribution is -2.07. The molecule has 3 rings (SSSR count). The second-order valence-corrected chi connectivity index (χ2v) is 4.30. The summed E-state index contributed by atoms with van der Waals surface area (Å²) in [5, 5.41) is 9.36. The van der Waals surface area contributed by atoms with Crippen LogP contribution in [0.3, 0.4) is 0 Å². The first kappa shape index (κ1) is 11.7. The molecule has 4 heteroatoms. The third kappa shape index (κ3) is 2.17. The van der Waals surface area contributed by atoms with Gasteiger partial charge in [-0.25, -0.2) is 9.38 Å². The van der Waals surface area contributed by atoms with Crippen LogP contribution in [-0.4, -0.2) is 17.5 Å². The Hall–Kier alpha value is -2.36. The van der Waals surface area contributed by atoms with Gasteiger partial charge < -0.3 is 9.84 Å². The van der Waals surface area contributed by atoms with E-state index in [-0.39, 0.29) is 17.6 Å². The fourth-order valence-corrected chi connectivity index (χ4v) is 2.05. The monoisotopic (exact) mass is 257 g/mol. The Bertz CT molecular complexity index is 625. The molecule has 0 amide bonds. The number of rotatable bonds is 2. The molecule has 19 heavy (non-hydrogen) atoms. The van der Waals surface area contributed by atoms with Crippen molar-refractivity contribution in [2.45, 2.75) is 6.10 Å². The largest absolute Gasteiger partial charge is 0.505 e. The van der Waals surface area contributed by atoms with E-state index in [0.717, 1.165) is 5.56 Å². The standard InChI is InChI=1S/C15H12FNO2/c16-14-11(7-4-8-12(14)18)15-17-9-13(19-15)10-5-2-1-3-6-10/h1-8,13,18H,9H2. The molecule has 1 atom stereocenters. The van der Waals surface area contributed by atoms with Gasteiger partial charge in [-0.05, 0) is 17.7 Å². The summed E-state index contributed by atoms with van der Waals surface area (Å²) in [5.74, 6) is -0.857. The summed E-state index contributed by atoms with van der Waals surface area (Å²) in [5.41, 5.74) is 1.19. The highest BCUT2D eigenvalue weighted by Gasteiger charge is 2.25. The molecule has 0 aliphatic carbocycles. The molecule has 1 N–H and O–H groups in total. The summed E-state index contributed by atoms with van der Waals surface area (Å²) < 4.78 is 19.4. The van der Waals surface area contributed by atoms with Gasteiger partial charge in [-0.15, -0.1) is 0 Å². The molecule has 1 heterocycles. The van der Waals surface area contributed by atoms with Gasteiger partial charge in [0.05, 0.1) is 12.1 Å². The first-order valence-electron chi connectivity index (χ1n) is 5.99. The third-order valence-corrected chi connectivity index (χ3v) is 3.03. The number of hydrogen-bond donors (Lipinski definition) is 1. The molecule has 96 valence electrons. The minimum absolute atomic E-state index is 0.193. The molecule has 0 aromatic heterocycles. The Labute approximate surface area is 110 Å². The van der Waals surface area contributed by atoms with Gasteiger partial charge in [0.2, 0.25) is 5.90 Å². The highest BCUT2D eigenvalue weighted by atomic mass is 19.1. The smallest absolute Gasteiger partial charge is 0.220 e. The number of halogens is 1. The summed E-state index contributed by atoms with van der Waals surface area (Å²) >= 11 is 0. The van der Waals surface area contributed by atoms with Crippen molar-refractivity contribution in [1.82, 2.24) is 0 Å². The summed E-state index contributed by atoms with van der Waals surface area (Å²) in [6, 6.07) is 14.1. The first-order chi connectivity index (χ1) is 9.25. The number of aromatic hydroxyl groups is 1. The van der Waals surface area contributed by atoms with E-state index in [1.54, 1.807) is 12.1 Å². The minimum Gasteiger partial charge on any atom is -0.505 e. The van der Waals surface area contributed by atoms with Crippen molar-refractivity contribution in [3.05, 3.63) is 65.5 Å². The van der Waals surface area contributed by atoms with Gasteiger partial charge >= 0.3 is 0 Å². The predicted octanol–water partition coefficient (Wildman–Crippen LogP) is 3.05. The molecule has 0 spiro atoms. The van der Waals surface area contributed by atoms with Crippen LogP contribution in [0.2, 0.25) is 0 Å². The Morgan fingerprint density at radius 2 is 1.89 bits per heavy atom. The quantitative estimate of drug-likeness (QED) is 0.898. The van der Waals surface area contributed by atoms with Crippen LogP contribution in [0.1, 0.15) is 17.2 Å². The lowest BCUT2D eigenvalue weighted by molar-refractivity contribution is 0.229. The Balaban J connectivity index is 1.84. The highest BCUT2D eigenvalue weighted by molar-refractivity contribution is 5.95. The van der Waals surface area contributed by atoms with Crippen LogP contribution in [0, 0.1) is 5.82 Å². The van der Waals surface area contributed by atoms with Gasteiger partial charge in [0, 0.05) is 0 Å². The SMILES string of the molecule is Oc1cccc(C2=NCC(c3ccccc3)O2)c1F. The molecule has 2 aromatic rings. The van der Waals surface area contributed by atoms with E-state index in [1.165, 1.54) is 6.07 Å². The fourth-order valence-electron chi connectivity index (χ4n) is 2.05. The number of aliphatic imine (C=N–C) groups is 1. The first-order valence-corrected chi connectivity index (χ1v) is 5.99. The highest BCUT2D eigenvalue weighted by Crippen LogP contribution is 2.28. The zero-order valence-electron chi connectivity index (χ0n) is 10.1. The van der Waals surface area contributed by atoms with E-state index in [0.29, 0.717) is 6.54 Å². The van der Waals surface area contributed by atoms with Gasteiger partial charge in [0.25, 0.3) is 0 Å². The topological polar surface area (TPSA) is 41.8 Å². The molecule has 0 radical (unpaired) electrons. The molecule has 0 saturated heterocycles. The normalized spacial score (nSPS) is 17.9. The summed E-state index contributed by atoms with van der Waals surface area (Å²) in [4.78, 5) is 4.21. The third-order valence-electron chi connectivity index (χ3n) is 3.03. The van der Waals surface area contributed by atoms with Crippen LogP contribution in [0.5, 0.6) is 5.75 Å². The maximum atomic E-state index is 13.8. The van der Waals surface area contributed by atoms with Crippen LogP contribution in [-0.2, 0) is 4.74 Å². The van der Waals surface area contributed by atoms with E-state index in [9.17, 15) is 9.50 Å². The van der Waals surface area contributed by atoms with Crippen LogP contribution in [0.15, 0.2) is 53.5 Å². The second-order valence-electron chi connectivity index (χ2n) is 4.30. The van der Waals surface area contributed by atoms with Crippen molar-refractivity contribution >= 4 is 5.90 Å². The van der Waals surface area contributed by atoms with Crippen molar-refractivity contribution in [1.29, 1.82) is 0 Å². The van der Waals surface area contributed by atoms with Crippen LogP contribution >= 0.6 is 0 Å². The average molecular weight is 257 g/mol. The van der Waals surface area contributed by atoms with E-state index >= 15 is 0 Å². The zero-order chi connectivity index (χ0) is 13.2. The molecule has 3 nitrogen and oxygen atoms in total. The molecule has 0 fully saturated rings. The van der Waals surface area contributed by atoms with Gasteiger partial charge in [0.1, 0.15) is 6.10 Å². The lowest BCUT2D eigenvalue weighted by Gasteiger charge is -2.12. The van der Waals surface area contributed by atoms with E-state index in [1.807, 2.05) is 30.3 Å². The molecule has 1 unspecified atom stereocenters. The number of phenolic OH excluding ortho intramolecular Hbond substituents is 1.